The second-order valence-corrected chi connectivity index (χ2v) is 5.93. The Morgan fingerprint density at radius 2 is 2.29 bits per heavy atom. The van der Waals surface area contributed by atoms with Gasteiger partial charge in [0, 0.05) is 25.3 Å². The molecule has 0 aliphatic carbocycles. The zero-order valence-electron chi connectivity index (χ0n) is 10.6. The Kier molecular flexibility index (Phi) is 3.97. The highest BCUT2D eigenvalue weighted by Gasteiger charge is 2.31. The average molecular weight is 255 g/mol. The van der Waals surface area contributed by atoms with E-state index in [0.29, 0.717) is 11.8 Å². The van der Waals surface area contributed by atoms with Crippen molar-refractivity contribution in [3.8, 4) is 0 Å². The third-order valence-corrected chi connectivity index (χ3v) is 5.16. The minimum atomic E-state index is 0.139. The monoisotopic (exact) mass is 255 g/mol. The third-order valence-electron chi connectivity index (χ3n) is 3.88. The normalized spacial score (nSPS) is 27.5. The smallest absolute Gasteiger partial charge is 0.222 e. The van der Waals surface area contributed by atoms with Crippen LogP contribution in [0.1, 0.15) is 33.1 Å². The molecule has 1 amide bonds. The highest BCUT2D eigenvalue weighted by Crippen LogP contribution is 2.34. The number of aliphatic imine (C=N–C) groups is 1. The van der Waals surface area contributed by atoms with E-state index in [2.05, 4.69) is 29.5 Å². The van der Waals surface area contributed by atoms with Gasteiger partial charge in [0.15, 0.2) is 5.17 Å². The fourth-order valence-corrected chi connectivity index (χ4v) is 3.55. The first-order chi connectivity index (χ1) is 8.17. The van der Waals surface area contributed by atoms with Crippen molar-refractivity contribution in [2.24, 2.45) is 10.4 Å². The lowest BCUT2D eigenvalue weighted by Gasteiger charge is -2.33. The topological polar surface area (TPSA) is 53.5 Å². The van der Waals surface area contributed by atoms with E-state index in [1.165, 1.54) is 12.8 Å². The molecule has 0 aromatic heterocycles. The summed E-state index contributed by atoms with van der Waals surface area (Å²) in [5.74, 6) is 1.28. The summed E-state index contributed by atoms with van der Waals surface area (Å²) in [7, 11) is 0. The largest absolute Gasteiger partial charge is 0.360 e. The molecular formula is C12H21N3OS. The van der Waals surface area contributed by atoms with E-state index in [9.17, 15) is 4.79 Å². The van der Waals surface area contributed by atoms with Crippen LogP contribution in [0.3, 0.4) is 0 Å². The summed E-state index contributed by atoms with van der Waals surface area (Å²) in [6.45, 7) is 6.14. The van der Waals surface area contributed by atoms with E-state index in [1.807, 2.05) is 11.8 Å². The molecule has 0 spiro atoms. The molecule has 0 aromatic carbocycles. The summed E-state index contributed by atoms with van der Waals surface area (Å²) >= 11 is 1.81. The van der Waals surface area contributed by atoms with Gasteiger partial charge >= 0.3 is 0 Å². The number of nitrogens with zero attached hydrogens (tertiary/aromatic N) is 1. The number of carbonyl (C=O) groups excluding carboxylic acids is 1. The van der Waals surface area contributed by atoms with Gasteiger partial charge in [-0.25, -0.2) is 0 Å². The number of rotatable bonds is 3. The van der Waals surface area contributed by atoms with Crippen molar-refractivity contribution in [3.63, 3.8) is 0 Å². The molecule has 2 aliphatic rings. The van der Waals surface area contributed by atoms with Gasteiger partial charge in [-0.05, 0) is 18.3 Å². The summed E-state index contributed by atoms with van der Waals surface area (Å²) < 4.78 is 0. The predicted octanol–water partition coefficient (Wildman–Crippen LogP) is 1.37. The molecule has 2 N–H and O–H groups in total. The van der Waals surface area contributed by atoms with Crippen LogP contribution in [0.2, 0.25) is 0 Å². The minimum absolute atomic E-state index is 0.139. The first-order valence-electron chi connectivity index (χ1n) is 6.38. The molecular weight excluding hydrogens is 234 g/mol. The Hall–Kier alpha value is -0.710. The van der Waals surface area contributed by atoms with Crippen LogP contribution in [0.4, 0.5) is 0 Å². The number of amidine groups is 1. The van der Waals surface area contributed by atoms with Crippen LogP contribution in [0.15, 0.2) is 4.99 Å². The van der Waals surface area contributed by atoms with Crippen molar-refractivity contribution in [1.29, 1.82) is 0 Å². The maximum Gasteiger partial charge on any atom is 0.222 e. The summed E-state index contributed by atoms with van der Waals surface area (Å²) in [5.41, 5.74) is 0.388. The molecule has 1 unspecified atom stereocenters. The van der Waals surface area contributed by atoms with E-state index >= 15 is 0 Å². The maximum absolute atomic E-state index is 11.1. The lowest BCUT2D eigenvalue weighted by Crippen LogP contribution is -2.39. The Balaban J connectivity index is 1.88. The molecule has 4 nitrogen and oxygen atoms in total. The molecule has 1 atom stereocenters. The molecule has 0 bridgehead atoms. The van der Waals surface area contributed by atoms with E-state index in [4.69, 9.17) is 0 Å². The van der Waals surface area contributed by atoms with Gasteiger partial charge in [-0.2, -0.15) is 0 Å². The number of thioether (sulfide) groups is 1. The molecule has 2 rings (SSSR count). The summed E-state index contributed by atoms with van der Waals surface area (Å²) in [6.07, 6.45) is 2.96. The molecule has 1 saturated heterocycles. The van der Waals surface area contributed by atoms with Gasteiger partial charge < -0.3 is 10.6 Å². The highest BCUT2D eigenvalue weighted by molar-refractivity contribution is 8.13. The van der Waals surface area contributed by atoms with Crippen molar-refractivity contribution >= 4 is 22.8 Å². The second-order valence-electron chi connectivity index (χ2n) is 4.97. The fourth-order valence-electron chi connectivity index (χ4n) is 2.20. The molecule has 1 fully saturated rings. The predicted molar refractivity (Wildman–Crippen MR) is 72.3 cm³/mol. The van der Waals surface area contributed by atoms with Crippen LogP contribution in [0, 0.1) is 5.41 Å². The van der Waals surface area contributed by atoms with Crippen molar-refractivity contribution < 1.29 is 4.79 Å². The first-order valence-corrected chi connectivity index (χ1v) is 7.36. The molecule has 0 radical (unpaired) electrons. The molecule has 96 valence electrons. The molecule has 0 aromatic rings. The van der Waals surface area contributed by atoms with Crippen LogP contribution in [-0.4, -0.2) is 36.0 Å². The fraction of sp³-hybridized carbons (Fsp3) is 0.833. The molecule has 0 saturated carbocycles. The zero-order valence-corrected chi connectivity index (χ0v) is 11.4. The Morgan fingerprint density at radius 3 is 2.76 bits per heavy atom. The van der Waals surface area contributed by atoms with Crippen LogP contribution < -0.4 is 10.6 Å². The van der Waals surface area contributed by atoms with Crippen LogP contribution in [-0.2, 0) is 4.79 Å². The number of nitrogens with one attached hydrogen (secondary N) is 2. The van der Waals surface area contributed by atoms with Crippen LogP contribution >= 0.6 is 11.8 Å². The number of carbonyl (C=O) groups is 1. The van der Waals surface area contributed by atoms with Crippen molar-refractivity contribution in [3.05, 3.63) is 0 Å². The number of hydrogen-bond acceptors (Lipinski definition) is 4. The van der Waals surface area contributed by atoms with Gasteiger partial charge in [-0.15, -0.1) is 0 Å². The van der Waals surface area contributed by atoms with Crippen molar-refractivity contribution in [2.75, 3.05) is 18.8 Å². The third kappa shape index (κ3) is 2.94. The average Bonchev–Trinajstić information content (AvgIpc) is 2.76. The van der Waals surface area contributed by atoms with Gasteiger partial charge in [0.2, 0.25) is 5.91 Å². The van der Waals surface area contributed by atoms with Crippen molar-refractivity contribution in [1.82, 2.24) is 10.6 Å². The second kappa shape index (κ2) is 5.29. The van der Waals surface area contributed by atoms with Gasteiger partial charge in [-0.1, -0.05) is 25.6 Å². The van der Waals surface area contributed by atoms with E-state index in [0.717, 1.165) is 24.0 Å². The zero-order chi connectivity index (χ0) is 12.3. The number of amides is 1. The van der Waals surface area contributed by atoms with Gasteiger partial charge in [0.25, 0.3) is 0 Å². The summed E-state index contributed by atoms with van der Waals surface area (Å²) in [5, 5.41) is 7.21. The lowest BCUT2D eigenvalue weighted by atomic mass is 9.84. The van der Waals surface area contributed by atoms with Gasteiger partial charge in [0.1, 0.15) is 0 Å². The molecule has 2 heterocycles. The SMILES string of the molecule is CCC1(CC)CN=C(NC2CNC(=O)C2)SC1. The Morgan fingerprint density at radius 1 is 1.53 bits per heavy atom. The molecule has 17 heavy (non-hydrogen) atoms. The van der Waals surface area contributed by atoms with E-state index < -0.39 is 0 Å². The summed E-state index contributed by atoms with van der Waals surface area (Å²) in [6, 6.07) is 0.226. The van der Waals surface area contributed by atoms with Crippen LogP contribution in [0.5, 0.6) is 0 Å². The van der Waals surface area contributed by atoms with Gasteiger partial charge in [-0.3, -0.25) is 9.79 Å². The Labute approximate surface area is 107 Å². The van der Waals surface area contributed by atoms with E-state index in [-0.39, 0.29) is 11.9 Å². The number of hydrogen-bond donors (Lipinski definition) is 2. The van der Waals surface area contributed by atoms with Crippen LogP contribution in [0.25, 0.3) is 0 Å². The Bertz CT molecular complexity index is 326. The van der Waals surface area contributed by atoms with Crippen molar-refractivity contribution in [2.45, 2.75) is 39.2 Å². The van der Waals surface area contributed by atoms with Gasteiger partial charge in [0.05, 0.1) is 6.04 Å². The van der Waals surface area contributed by atoms with E-state index in [1.54, 1.807) is 0 Å². The first kappa shape index (κ1) is 12.7. The summed E-state index contributed by atoms with van der Waals surface area (Å²) in [4.78, 5) is 15.7. The highest BCUT2D eigenvalue weighted by atomic mass is 32.2. The maximum atomic E-state index is 11.1. The molecule has 2 aliphatic heterocycles. The lowest BCUT2D eigenvalue weighted by molar-refractivity contribution is -0.119. The standard InChI is InChI=1S/C12H21N3OS/c1-3-12(4-2)7-14-11(17-8-12)15-9-5-10(16)13-6-9/h9H,3-8H2,1-2H3,(H,13,16)(H,14,15). The quantitative estimate of drug-likeness (QED) is 0.801. The minimum Gasteiger partial charge on any atom is -0.360 e. The molecule has 5 heteroatoms.